The van der Waals surface area contributed by atoms with E-state index < -0.39 is 11.6 Å². The zero-order valence-electron chi connectivity index (χ0n) is 9.87. The molecule has 0 spiro atoms. The minimum absolute atomic E-state index is 0.0297. The van der Waals surface area contributed by atoms with E-state index in [0.29, 0.717) is 13.1 Å². The molecule has 0 aliphatic carbocycles. The van der Waals surface area contributed by atoms with Crippen LogP contribution in [0.25, 0.3) is 0 Å². The zero-order chi connectivity index (χ0) is 13.8. The molecule has 0 unspecified atom stereocenters. The maximum atomic E-state index is 13.5. The molecule has 2 aromatic rings. The summed E-state index contributed by atoms with van der Waals surface area (Å²) in [4.78, 5) is 11.4. The van der Waals surface area contributed by atoms with Crippen LogP contribution in [0, 0.1) is 11.6 Å². The largest absolute Gasteiger partial charge is 0.380 e. The van der Waals surface area contributed by atoms with E-state index >= 15 is 0 Å². The quantitative estimate of drug-likeness (QED) is 0.937. The maximum absolute atomic E-state index is 13.5. The number of nitrogens with one attached hydrogen (secondary N) is 1. The number of halogens is 3. The summed E-state index contributed by atoms with van der Waals surface area (Å²) >= 11 is 5.74. The van der Waals surface area contributed by atoms with Crippen molar-refractivity contribution in [2.24, 2.45) is 0 Å². The summed E-state index contributed by atoms with van der Waals surface area (Å²) in [7, 11) is 0. The average molecular weight is 285 g/mol. The molecule has 0 bridgehead atoms. The Morgan fingerprint density at radius 1 is 1.26 bits per heavy atom. The van der Waals surface area contributed by atoms with E-state index in [0.717, 1.165) is 12.1 Å². The van der Waals surface area contributed by atoms with E-state index in [2.05, 4.69) is 5.32 Å². The van der Waals surface area contributed by atoms with Crippen molar-refractivity contribution in [3.05, 3.63) is 63.5 Å². The van der Waals surface area contributed by atoms with Crippen molar-refractivity contribution in [3.63, 3.8) is 0 Å². The van der Waals surface area contributed by atoms with Crippen LogP contribution in [-0.2, 0) is 6.54 Å². The lowest BCUT2D eigenvalue weighted by atomic mass is 10.3. The predicted molar refractivity (Wildman–Crippen MR) is 70.6 cm³/mol. The molecule has 1 aromatic carbocycles. The normalized spacial score (nSPS) is 10.5. The van der Waals surface area contributed by atoms with Crippen molar-refractivity contribution in [3.8, 4) is 0 Å². The van der Waals surface area contributed by atoms with Crippen molar-refractivity contribution in [1.82, 2.24) is 4.57 Å². The molecule has 0 aliphatic rings. The summed E-state index contributed by atoms with van der Waals surface area (Å²) in [5.74, 6) is -1.49. The van der Waals surface area contributed by atoms with Crippen LogP contribution in [0.2, 0.25) is 5.02 Å². The van der Waals surface area contributed by atoms with Crippen molar-refractivity contribution in [2.75, 3.05) is 11.9 Å². The van der Waals surface area contributed by atoms with E-state index in [9.17, 15) is 13.6 Å². The van der Waals surface area contributed by atoms with Gasteiger partial charge < -0.3 is 9.88 Å². The van der Waals surface area contributed by atoms with Crippen LogP contribution in [-0.4, -0.2) is 11.1 Å². The Hall–Kier alpha value is -1.88. The summed E-state index contributed by atoms with van der Waals surface area (Å²) in [6.45, 7) is 0.652. The lowest BCUT2D eigenvalue weighted by molar-refractivity contribution is 0.584. The van der Waals surface area contributed by atoms with Gasteiger partial charge in [-0.15, -0.1) is 0 Å². The first-order chi connectivity index (χ1) is 9.08. The van der Waals surface area contributed by atoms with Crippen LogP contribution >= 0.6 is 11.6 Å². The van der Waals surface area contributed by atoms with Crippen LogP contribution in [0.4, 0.5) is 14.5 Å². The van der Waals surface area contributed by atoms with E-state index in [1.807, 2.05) is 0 Å². The van der Waals surface area contributed by atoms with Crippen LogP contribution in [0.15, 0.2) is 41.3 Å². The van der Waals surface area contributed by atoms with E-state index in [1.165, 1.54) is 10.6 Å². The van der Waals surface area contributed by atoms with Gasteiger partial charge in [0.2, 0.25) is 0 Å². The number of rotatable bonds is 4. The lowest BCUT2D eigenvalue weighted by Gasteiger charge is -2.10. The van der Waals surface area contributed by atoms with Crippen molar-refractivity contribution < 1.29 is 8.78 Å². The van der Waals surface area contributed by atoms with Gasteiger partial charge in [-0.1, -0.05) is 17.7 Å². The van der Waals surface area contributed by atoms with Gasteiger partial charge in [-0.3, -0.25) is 4.79 Å². The highest BCUT2D eigenvalue weighted by Gasteiger charge is 2.09. The summed E-state index contributed by atoms with van der Waals surface area (Å²) in [5, 5.41) is 2.72. The molecule has 0 saturated carbocycles. The first kappa shape index (κ1) is 13.5. The number of aromatic nitrogens is 1. The van der Waals surface area contributed by atoms with E-state index in [4.69, 9.17) is 11.6 Å². The van der Waals surface area contributed by atoms with Gasteiger partial charge in [0.25, 0.3) is 5.56 Å². The Kier molecular flexibility index (Phi) is 4.16. The van der Waals surface area contributed by atoms with Crippen molar-refractivity contribution >= 4 is 17.3 Å². The molecule has 6 heteroatoms. The van der Waals surface area contributed by atoms with Crippen LogP contribution in [0.1, 0.15) is 0 Å². The Labute approximate surface area is 113 Å². The fraction of sp³-hybridized carbons (Fsp3) is 0.154. The summed E-state index contributed by atoms with van der Waals surface area (Å²) in [6, 6.07) is 6.59. The molecule has 2 rings (SSSR count). The fourth-order valence-electron chi connectivity index (χ4n) is 1.66. The van der Waals surface area contributed by atoms with Gasteiger partial charge in [0.15, 0.2) is 5.82 Å². The molecule has 0 atom stereocenters. The van der Waals surface area contributed by atoms with Crippen LogP contribution in [0.3, 0.4) is 0 Å². The molecule has 3 nitrogen and oxygen atoms in total. The molecule has 0 radical (unpaired) electrons. The third-order valence-corrected chi connectivity index (χ3v) is 2.86. The first-order valence-electron chi connectivity index (χ1n) is 5.62. The molecule has 19 heavy (non-hydrogen) atoms. The minimum atomic E-state index is -0.759. The van der Waals surface area contributed by atoms with Crippen molar-refractivity contribution in [2.45, 2.75) is 6.54 Å². The highest BCUT2D eigenvalue weighted by Crippen LogP contribution is 2.25. The van der Waals surface area contributed by atoms with Gasteiger partial charge in [0, 0.05) is 31.4 Å². The van der Waals surface area contributed by atoms with E-state index in [1.54, 1.807) is 18.3 Å². The summed E-state index contributed by atoms with van der Waals surface area (Å²) in [5.41, 5.74) is -0.109. The number of benzene rings is 1. The molecule has 1 heterocycles. The Bertz CT molecular complexity index is 620. The predicted octanol–water partition coefficient (Wildman–Crippen LogP) is 2.89. The smallest absolute Gasteiger partial charge is 0.250 e. The van der Waals surface area contributed by atoms with Gasteiger partial charge >= 0.3 is 0 Å². The maximum Gasteiger partial charge on any atom is 0.250 e. The highest BCUT2D eigenvalue weighted by molar-refractivity contribution is 6.33. The van der Waals surface area contributed by atoms with Crippen molar-refractivity contribution in [1.29, 1.82) is 0 Å². The second-order valence-corrected chi connectivity index (χ2v) is 4.31. The highest BCUT2D eigenvalue weighted by atomic mass is 35.5. The molecule has 100 valence electrons. The minimum Gasteiger partial charge on any atom is -0.380 e. The standard InChI is InChI=1S/C13H11ClF2N2O/c14-10-7-9(15)8-11(16)13(10)17-4-6-18-5-2-1-3-12(18)19/h1-3,5,7-8,17H,4,6H2. The Morgan fingerprint density at radius 2 is 2.05 bits per heavy atom. The second-order valence-electron chi connectivity index (χ2n) is 3.90. The third-order valence-electron chi connectivity index (χ3n) is 2.56. The number of hydrogen-bond acceptors (Lipinski definition) is 2. The van der Waals surface area contributed by atoms with E-state index in [-0.39, 0.29) is 16.3 Å². The van der Waals surface area contributed by atoms with Gasteiger partial charge in [0.1, 0.15) is 5.82 Å². The molecule has 0 saturated heterocycles. The Morgan fingerprint density at radius 3 is 2.74 bits per heavy atom. The fourth-order valence-corrected chi connectivity index (χ4v) is 1.92. The second kappa shape index (κ2) is 5.84. The summed E-state index contributed by atoms with van der Waals surface area (Å²) < 4.78 is 27.8. The monoisotopic (exact) mass is 284 g/mol. The molecule has 0 fully saturated rings. The molecular weight excluding hydrogens is 274 g/mol. The van der Waals surface area contributed by atoms with Gasteiger partial charge in [-0.2, -0.15) is 0 Å². The van der Waals surface area contributed by atoms with Crippen LogP contribution in [0.5, 0.6) is 0 Å². The molecule has 0 amide bonds. The molecular formula is C13H11ClF2N2O. The lowest BCUT2D eigenvalue weighted by Crippen LogP contribution is -2.22. The topological polar surface area (TPSA) is 34.0 Å². The average Bonchev–Trinajstić information content (AvgIpc) is 2.34. The Balaban J connectivity index is 2.04. The molecule has 0 aliphatic heterocycles. The van der Waals surface area contributed by atoms with Gasteiger partial charge in [-0.25, -0.2) is 8.78 Å². The number of nitrogens with zero attached hydrogens (tertiary/aromatic N) is 1. The first-order valence-corrected chi connectivity index (χ1v) is 5.99. The van der Waals surface area contributed by atoms with Crippen LogP contribution < -0.4 is 10.9 Å². The zero-order valence-corrected chi connectivity index (χ0v) is 10.6. The van der Waals surface area contributed by atoms with Gasteiger partial charge in [0.05, 0.1) is 10.7 Å². The number of pyridine rings is 1. The molecule has 1 N–H and O–H groups in total. The van der Waals surface area contributed by atoms with Gasteiger partial charge in [-0.05, 0) is 12.1 Å². The molecule has 1 aromatic heterocycles. The number of anilines is 1. The SMILES string of the molecule is O=c1ccccn1CCNc1c(F)cc(F)cc1Cl. The number of hydrogen-bond donors (Lipinski definition) is 1. The third kappa shape index (κ3) is 3.32. The summed E-state index contributed by atoms with van der Waals surface area (Å²) in [6.07, 6.45) is 1.63.